The Morgan fingerprint density at radius 2 is 1.90 bits per heavy atom. The molecule has 1 rings (SSSR count). The predicted molar refractivity (Wildman–Crippen MR) is 75.5 cm³/mol. The lowest BCUT2D eigenvalue weighted by atomic mass is 10.1. The smallest absolute Gasteiger partial charge is 0.310 e. The van der Waals surface area contributed by atoms with Gasteiger partial charge in [0.2, 0.25) is 5.91 Å². The van der Waals surface area contributed by atoms with Gasteiger partial charge in [-0.1, -0.05) is 25.1 Å². The lowest BCUT2D eigenvalue weighted by Gasteiger charge is -2.20. The third-order valence-corrected chi connectivity index (χ3v) is 3.11. The summed E-state index contributed by atoms with van der Waals surface area (Å²) < 4.78 is 9.87. The number of likely N-dealkylation sites (N-methyl/N-ethyl adjacent to an activating group) is 1. The molecule has 0 N–H and O–H groups in total. The monoisotopic (exact) mass is 279 g/mol. The van der Waals surface area contributed by atoms with E-state index in [1.165, 1.54) is 12.0 Å². The molecule has 20 heavy (non-hydrogen) atoms. The third kappa shape index (κ3) is 4.26. The van der Waals surface area contributed by atoms with Gasteiger partial charge in [0.15, 0.2) is 0 Å². The summed E-state index contributed by atoms with van der Waals surface area (Å²) in [5, 5.41) is 0. The van der Waals surface area contributed by atoms with Gasteiger partial charge >= 0.3 is 5.97 Å². The molecule has 0 aliphatic rings. The lowest BCUT2D eigenvalue weighted by Crippen LogP contribution is -2.35. The van der Waals surface area contributed by atoms with E-state index < -0.39 is 0 Å². The molecule has 0 fully saturated rings. The first-order chi connectivity index (χ1) is 9.49. The molecule has 5 heteroatoms. The van der Waals surface area contributed by atoms with Gasteiger partial charge in [-0.05, 0) is 6.07 Å². The normalized spacial score (nSPS) is 11.6. The van der Waals surface area contributed by atoms with Gasteiger partial charge in [0.25, 0.3) is 0 Å². The molecule has 1 aromatic rings. The van der Waals surface area contributed by atoms with Crippen LogP contribution in [0.4, 0.5) is 0 Å². The fraction of sp³-hybridized carbons (Fsp3) is 0.467. The van der Waals surface area contributed by atoms with Gasteiger partial charge in [0.1, 0.15) is 5.75 Å². The Hall–Kier alpha value is -2.04. The topological polar surface area (TPSA) is 55.8 Å². The first-order valence-corrected chi connectivity index (χ1v) is 6.43. The highest BCUT2D eigenvalue weighted by Crippen LogP contribution is 2.18. The van der Waals surface area contributed by atoms with Crippen molar-refractivity contribution < 1.29 is 19.1 Å². The van der Waals surface area contributed by atoms with E-state index in [0.717, 1.165) is 5.56 Å². The summed E-state index contributed by atoms with van der Waals surface area (Å²) in [5.74, 6) is -0.0333. The standard InChI is InChI=1S/C15H21NO4/c1-11(15(18)20-4)10-16(2)14(17)9-12-7-5-6-8-13(12)19-3/h5-8,11H,9-10H2,1-4H3. The Balaban J connectivity index is 2.64. The van der Waals surface area contributed by atoms with Crippen LogP contribution >= 0.6 is 0 Å². The molecule has 0 aliphatic carbocycles. The summed E-state index contributed by atoms with van der Waals surface area (Å²) in [6, 6.07) is 7.39. The second kappa shape index (κ2) is 7.53. The van der Waals surface area contributed by atoms with Crippen LogP contribution in [0.2, 0.25) is 0 Å². The van der Waals surface area contributed by atoms with Gasteiger partial charge in [-0.3, -0.25) is 9.59 Å². The molecule has 1 atom stereocenters. The molecular weight excluding hydrogens is 258 g/mol. The fourth-order valence-electron chi connectivity index (χ4n) is 1.94. The highest BCUT2D eigenvalue weighted by molar-refractivity contribution is 5.80. The molecule has 1 unspecified atom stereocenters. The van der Waals surface area contributed by atoms with E-state index in [1.807, 2.05) is 24.3 Å². The Morgan fingerprint density at radius 1 is 1.25 bits per heavy atom. The van der Waals surface area contributed by atoms with Gasteiger partial charge in [0, 0.05) is 19.2 Å². The second-order valence-corrected chi connectivity index (χ2v) is 4.69. The summed E-state index contributed by atoms with van der Waals surface area (Å²) in [6.07, 6.45) is 0.244. The van der Waals surface area contributed by atoms with Gasteiger partial charge in [0.05, 0.1) is 26.6 Å². The molecule has 5 nitrogen and oxygen atoms in total. The van der Waals surface area contributed by atoms with Crippen LogP contribution in [0.5, 0.6) is 5.75 Å². The summed E-state index contributed by atoms with van der Waals surface area (Å²) in [5.41, 5.74) is 0.831. The second-order valence-electron chi connectivity index (χ2n) is 4.69. The van der Waals surface area contributed by atoms with Crippen LogP contribution in [0, 0.1) is 5.92 Å². The molecule has 0 saturated carbocycles. The van der Waals surface area contributed by atoms with E-state index in [-0.39, 0.29) is 24.2 Å². The van der Waals surface area contributed by atoms with Crippen molar-refractivity contribution in [2.45, 2.75) is 13.3 Å². The minimum absolute atomic E-state index is 0.0646. The maximum Gasteiger partial charge on any atom is 0.310 e. The number of carbonyl (C=O) groups excluding carboxylic acids is 2. The minimum atomic E-state index is -0.341. The Kier molecular flexibility index (Phi) is 6.03. The van der Waals surface area contributed by atoms with Crippen LogP contribution in [0.15, 0.2) is 24.3 Å². The maximum atomic E-state index is 12.1. The van der Waals surface area contributed by atoms with Gasteiger partial charge in [-0.25, -0.2) is 0 Å². The number of methoxy groups -OCH3 is 2. The first kappa shape index (κ1) is 16.0. The minimum Gasteiger partial charge on any atom is -0.496 e. The van der Waals surface area contributed by atoms with Crippen LogP contribution in [-0.2, 0) is 20.7 Å². The Morgan fingerprint density at radius 3 is 2.50 bits per heavy atom. The zero-order chi connectivity index (χ0) is 15.1. The van der Waals surface area contributed by atoms with Crippen molar-refractivity contribution in [2.75, 3.05) is 27.8 Å². The molecule has 110 valence electrons. The van der Waals surface area contributed by atoms with E-state index in [9.17, 15) is 9.59 Å². The number of amides is 1. The molecule has 1 amide bonds. The Bertz CT molecular complexity index is 473. The molecule has 0 spiro atoms. The molecule has 0 radical (unpaired) electrons. The van der Waals surface area contributed by atoms with Crippen LogP contribution in [0.3, 0.4) is 0 Å². The van der Waals surface area contributed by atoms with Crippen molar-refractivity contribution in [3.63, 3.8) is 0 Å². The number of esters is 1. The van der Waals surface area contributed by atoms with Crippen LogP contribution in [-0.4, -0.2) is 44.6 Å². The maximum absolute atomic E-state index is 12.1. The number of nitrogens with zero attached hydrogens (tertiary/aromatic N) is 1. The predicted octanol–water partition coefficient (Wildman–Crippen LogP) is 1.51. The zero-order valence-corrected chi connectivity index (χ0v) is 12.4. The highest BCUT2D eigenvalue weighted by atomic mass is 16.5. The van der Waals surface area contributed by atoms with Crippen molar-refractivity contribution in [3.05, 3.63) is 29.8 Å². The van der Waals surface area contributed by atoms with Crippen molar-refractivity contribution >= 4 is 11.9 Å². The molecule has 0 heterocycles. The molecule has 0 saturated heterocycles. The summed E-state index contributed by atoms with van der Waals surface area (Å²) >= 11 is 0. The highest BCUT2D eigenvalue weighted by Gasteiger charge is 2.19. The van der Waals surface area contributed by atoms with Crippen molar-refractivity contribution in [2.24, 2.45) is 5.92 Å². The van der Waals surface area contributed by atoms with E-state index in [0.29, 0.717) is 12.3 Å². The number of hydrogen-bond donors (Lipinski definition) is 0. The quantitative estimate of drug-likeness (QED) is 0.741. The fourth-order valence-corrected chi connectivity index (χ4v) is 1.94. The molecule has 0 aromatic heterocycles. The van der Waals surface area contributed by atoms with Gasteiger partial charge < -0.3 is 14.4 Å². The zero-order valence-electron chi connectivity index (χ0n) is 12.4. The SMILES string of the molecule is COC(=O)C(C)CN(C)C(=O)Cc1ccccc1OC. The third-order valence-electron chi connectivity index (χ3n) is 3.11. The van der Waals surface area contributed by atoms with Gasteiger partial charge in [-0.15, -0.1) is 0 Å². The summed E-state index contributed by atoms with van der Waals surface area (Å²) in [4.78, 5) is 25.0. The number of para-hydroxylation sites is 1. The molecule has 0 bridgehead atoms. The van der Waals surface area contributed by atoms with E-state index in [1.54, 1.807) is 21.1 Å². The lowest BCUT2D eigenvalue weighted by molar-refractivity contribution is -0.146. The van der Waals surface area contributed by atoms with Crippen molar-refractivity contribution in [1.29, 1.82) is 0 Å². The average molecular weight is 279 g/mol. The van der Waals surface area contributed by atoms with Gasteiger partial charge in [-0.2, -0.15) is 0 Å². The summed E-state index contributed by atoms with van der Waals surface area (Å²) in [6.45, 7) is 2.07. The van der Waals surface area contributed by atoms with Crippen molar-refractivity contribution in [1.82, 2.24) is 4.90 Å². The van der Waals surface area contributed by atoms with Crippen LogP contribution in [0.1, 0.15) is 12.5 Å². The Labute approximate surface area is 119 Å². The average Bonchev–Trinajstić information content (AvgIpc) is 2.46. The number of carbonyl (C=O) groups is 2. The van der Waals surface area contributed by atoms with E-state index in [2.05, 4.69) is 4.74 Å². The number of hydrogen-bond acceptors (Lipinski definition) is 4. The van der Waals surface area contributed by atoms with E-state index >= 15 is 0 Å². The summed E-state index contributed by atoms with van der Waals surface area (Å²) in [7, 11) is 4.60. The van der Waals surface area contributed by atoms with Crippen LogP contribution in [0.25, 0.3) is 0 Å². The number of rotatable bonds is 6. The molecule has 1 aromatic carbocycles. The number of benzene rings is 1. The number of ether oxygens (including phenoxy) is 2. The van der Waals surface area contributed by atoms with Crippen LogP contribution < -0.4 is 4.74 Å². The van der Waals surface area contributed by atoms with E-state index in [4.69, 9.17) is 4.74 Å². The van der Waals surface area contributed by atoms with Crippen molar-refractivity contribution in [3.8, 4) is 5.75 Å². The largest absolute Gasteiger partial charge is 0.496 e. The first-order valence-electron chi connectivity index (χ1n) is 6.43. The molecular formula is C15H21NO4. The molecule has 0 aliphatic heterocycles.